The van der Waals surface area contributed by atoms with E-state index in [0.29, 0.717) is 36.8 Å². The summed E-state index contributed by atoms with van der Waals surface area (Å²) in [5, 5.41) is 6.29. The highest BCUT2D eigenvalue weighted by molar-refractivity contribution is 6.30. The smallest absolute Gasteiger partial charge is 0.321 e. The second kappa shape index (κ2) is 9.55. The molecule has 28 heavy (non-hydrogen) atoms. The number of halogens is 2. The molecule has 1 saturated heterocycles. The van der Waals surface area contributed by atoms with Gasteiger partial charge in [0.2, 0.25) is 5.91 Å². The largest absolute Gasteiger partial charge is 0.352 e. The number of benzene rings is 2. The van der Waals surface area contributed by atoms with Crippen molar-refractivity contribution in [3.63, 3.8) is 0 Å². The van der Waals surface area contributed by atoms with Crippen LogP contribution in [0.3, 0.4) is 0 Å². The third-order valence-electron chi connectivity index (χ3n) is 4.85. The van der Waals surface area contributed by atoms with E-state index in [1.807, 2.05) is 0 Å². The molecular formula is C21H23ClFN3O2. The second-order valence-electron chi connectivity index (χ2n) is 6.98. The number of urea groups is 1. The average molecular weight is 404 g/mol. The van der Waals surface area contributed by atoms with Crippen LogP contribution in [0.1, 0.15) is 24.8 Å². The minimum Gasteiger partial charge on any atom is -0.352 e. The van der Waals surface area contributed by atoms with E-state index in [1.54, 1.807) is 41.3 Å². The molecule has 0 spiro atoms. The number of hydrogen-bond donors (Lipinski definition) is 2. The van der Waals surface area contributed by atoms with E-state index in [9.17, 15) is 14.0 Å². The van der Waals surface area contributed by atoms with Gasteiger partial charge >= 0.3 is 6.03 Å². The van der Waals surface area contributed by atoms with Crippen LogP contribution in [-0.4, -0.2) is 29.9 Å². The van der Waals surface area contributed by atoms with Crippen molar-refractivity contribution < 1.29 is 14.0 Å². The van der Waals surface area contributed by atoms with Crippen LogP contribution < -0.4 is 10.6 Å². The van der Waals surface area contributed by atoms with E-state index < -0.39 is 0 Å². The Morgan fingerprint density at radius 2 is 1.82 bits per heavy atom. The number of hydrogen-bond acceptors (Lipinski definition) is 2. The monoisotopic (exact) mass is 403 g/mol. The SMILES string of the molecule is O=C(CC1CCN(C(=O)Nc2cccc(Cl)c2)CC1)NCc1ccc(F)cc1. The third kappa shape index (κ3) is 5.96. The zero-order valence-corrected chi connectivity index (χ0v) is 16.2. The van der Waals surface area contributed by atoms with Crippen LogP contribution in [0.25, 0.3) is 0 Å². The van der Waals surface area contributed by atoms with E-state index in [4.69, 9.17) is 11.6 Å². The molecule has 0 atom stereocenters. The van der Waals surface area contributed by atoms with E-state index in [2.05, 4.69) is 10.6 Å². The number of amides is 3. The number of carbonyl (C=O) groups is 2. The zero-order chi connectivity index (χ0) is 19.9. The first kappa shape index (κ1) is 20.1. The van der Waals surface area contributed by atoms with Crippen LogP contribution in [0.2, 0.25) is 5.02 Å². The molecule has 7 heteroatoms. The summed E-state index contributed by atoms with van der Waals surface area (Å²) in [6, 6.07) is 13.0. The number of nitrogens with one attached hydrogen (secondary N) is 2. The molecule has 1 fully saturated rings. The van der Waals surface area contributed by atoms with Crippen LogP contribution in [0.4, 0.5) is 14.9 Å². The molecule has 1 heterocycles. The molecule has 2 aromatic carbocycles. The number of carbonyl (C=O) groups excluding carboxylic acids is 2. The van der Waals surface area contributed by atoms with E-state index in [0.717, 1.165) is 18.4 Å². The van der Waals surface area contributed by atoms with Gasteiger partial charge in [0.25, 0.3) is 0 Å². The summed E-state index contributed by atoms with van der Waals surface area (Å²) < 4.78 is 12.9. The Morgan fingerprint density at radius 1 is 1.11 bits per heavy atom. The minimum absolute atomic E-state index is 0.0221. The summed E-state index contributed by atoms with van der Waals surface area (Å²) in [6.07, 6.45) is 2.00. The van der Waals surface area contributed by atoms with Gasteiger partial charge in [0.05, 0.1) is 0 Å². The fourth-order valence-corrected chi connectivity index (χ4v) is 3.44. The topological polar surface area (TPSA) is 61.4 Å². The molecule has 148 valence electrons. The summed E-state index contributed by atoms with van der Waals surface area (Å²) in [5.41, 5.74) is 1.53. The summed E-state index contributed by atoms with van der Waals surface area (Å²) in [6.45, 7) is 1.62. The molecular weight excluding hydrogens is 381 g/mol. The number of rotatable bonds is 5. The van der Waals surface area contributed by atoms with Crippen molar-refractivity contribution in [3.05, 3.63) is 64.9 Å². The standard InChI is InChI=1S/C21H23ClFN3O2/c22-17-2-1-3-19(13-17)25-21(28)26-10-8-15(9-11-26)12-20(27)24-14-16-4-6-18(23)7-5-16/h1-7,13,15H,8-12,14H2,(H,24,27)(H,25,28). The molecule has 0 bridgehead atoms. The molecule has 2 aromatic rings. The normalized spacial score (nSPS) is 14.6. The van der Waals surface area contributed by atoms with E-state index in [-0.39, 0.29) is 23.7 Å². The lowest BCUT2D eigenvalue weighted by Gasteiger charge is -2.31. The van der Waals surface area contributed by atoms with Crippen molar-refractivity contribution in [1.82, 2.24) is 10.2 Å². The highest BCUT2D eigenvalue weighted by atomic mass is 35.5. The second-order valence-corrected chi connectivity index (χ2v) is 7.41. The molecule has 1 aliphatic heterocycles. The van der Waals surface area contributed by atoms with Crippen LogP contribution in [0.5, 0.6) is 0 Å². The van der Waals surface area contributed by atoms with E-state index >= 15 is 0 Å². The van der Waals surface area contributed by atoms with Crippen molar-refractivity contribution in [2.24, 2.45) is 5.92 Å². The lowest BCUT2D eigenvalue weighted by molar-refractivity contribution is -0.122. The maximum atomic E-state index is 12.9. The quantitative estimate of drug-likeness (QED) is 0.775. The van der Waals surface area contributed by atoms with Gasteiger partial charge < -0.3 is 15.5 Å². The van der Waals surface area contributed by atoms with Crippen LogP contribution in [0, 0.1) is 11.7 Å². The summed E-state index contributed by atoms with van der Waals surface area (Å²) in [7, 11) is 0. The van der Waals surface area contributed by atoms with Gasteiger partial charge in [-0.25, -0.2) is 9.18 Å². The van der Waals surface area contributed by atoms with Gasteiger partial charge in [-0.15, -0.1) is 0 Å². The van der Waals surface area contributed by atoms with Crippen molar-refractivity contribution in [3.8, 4) is 0 Å². The maximum Gasteiger partial charge on any atom is 0.321 e. The Bertz CT molecular complexity index is 821. The van der Waals surface area contributed by atoms with Crippen LogP contribution in [0.15, 0.2) is 48.5 Å². The van der Waals surface area contributed by atoms with Gasteiger partial charge in [0, 0.05) is 36.8 Å². The van der Waals surface area contributed by atoms with Crippen molar-refractivity contribution >= 4 is 29.2 Å². The third-order valence-corrected chi connectivity index (χ3v) is 5.09. The highest BCUT2D eigenvalue weighted by Crippen LogP contribution is 2.22. The average Bonchev–Trinajstić information content (AvgIpc) is 2.68. The van der Waals surface area contributed by atoms with Gasteiger partial charge in [-0.2, -0.15) is 0 Å². The molecule has 1 aliphatic rings. The Kier molecular flexibility index (Phi) is 6.87. The van der Waals surface area contributed by atoms with Crippen LogP contribution in [-0.2, 0) is 11.3 Å². The number of piperidine rings is 1. The lowest BCUT2D eigenvalue weighted by atomic mass is 9.93. The van der Waals surface area contributed by atoms with Gasteiger partial charge in [-0.1, -0.05) is 29.8 Å². The molecule has 0 aromatic heterocycles. The van der Waals surface area contributed by atoms with E-state index in [1.165, 1.54) is 12.1 Å². The predicted molar refractivity (Wildman–Crippen MR) is 108 cm³/mol. The molecule has 0 radical (unpaired) electrons. The minimum atomic E-state index is -0.291. The molecule has 0 aliphatic carbocycles. The van der Waals surface area contributed by atoms with Gasteiger partial charge in [-0.3, -0.25) is 4.79 Å². The number of nitrogens with zero attached hydrogens (tertiary/aromatic N) is 1. The Labute approximate surface area is 168 Å². The number of likely N-dealkylation sites (tertiary alicyclic amines) is 1. The van der Waals surface area contributed by atoms with Gasteiger partial charge in [-0.05, 0) is 54.7 Å². The first-order valence-electron chi connectivity index (χ1n) is 9.32. The summed E-state index contributed by atoms with van der Waals surface area (Å²) in [5.74, 6) is -0.0594. The van der Waals surface area contributed by atoms with Crippen molar-refractivity contribution in [1.29, 1.82) is 0 Å². The molecule has 3 rings (SSSR count). The molecule has 0 unspecified atom stereocenters. The first-order chi connectivity index (χ1) is 13.5. The predicted octanol–water partition coefficient (Wildman–Crippen LogP) is 4.43. The first-order valence-corrected chi connectivity index (χ1v) is 9.70. The fraction of sp³-hybridized carbons (Fsp3) is 0.333. The Balaban J connectivity index is 1.39. The molecule has 5 nitrogen and oxygen atoms in total. The molecule has 3 amide bonds. The van der Waals surface area contributed by atoms with Crippen LogP contribution >= 0.6 is 11.6 Å². The van der Waals surface area contributed by atoms with Crippen molar-refractivity contribution in [2.75, 3.05) is 18.4 Å². The van der Waals surface area contributed by atoms with Gasteiger partial charge in [0.15, 0.2) is 0 Å². The summed E-state index contributed by atoms with van der Waals surface area (Å²) >= 11 is 5.93. The molecule has 0 saturated carbocycles. The fourth-order valence-electron chi connectivity index (χ4n) is 3.25. The molecule has 2 N–H and O–H groups in total. The maximum absolute atomic E-state index is 12.9. The Morgan fingerprint density at radius 3 is 2.50 bits per heavy atom. The lowest BCUT2D eigenvalue weighted by Crippen LogP contribution is -2.41. The van der Waals surface area contributed by atoms with Crippen molar-refractivity contribution in [2.45, 2.75) is 25.8 Å². The number of anilines is 1. The highest BCUT2D eigenvalue weighted by Gasteiger charge is 2.24. The van der Waals surface area contributed by atoms with Gasteiger partial charge in [0.1, 0.15) is 5.82 Å². The zero-order valence-electron chi connectivity index (χ0n) is 15.5. The Hall–Kier alpha value is -2.60. The summed E-state index contributed by atoms with van der Waals surface area (Å²) in [4.78, 5) is 26.3.